The number of phosphoric ester groups is 1. The molecule has 0 aromatic heterocycles. The van der Waals surface area contributed by atoms with Crippen molar-refractivity contribution in [3.05, 3.63) is 0 Å². The Bertz CT molecular complexity index is 184. The fourth-order valence-electron chi connectivity index (χ4n) is 1.42. The summed E-state index contributed by atoms with van der Waals surface area (Å²) in [5, 5.41) is 0. The molecule has 0 aliphatic rings. The summed E-state index contributed by atoms with van der Waals surface area (Å²) in [7, 11) is -4.49. The fourth-order valence-corrected chi connectivity index (χ4v) is 1.78. The van der Waals surface area contributed by atoms with Crippen LogP contribution in [0.3, 0.4) is 0 Å². The average Bonchev–Trinajstić information content (AvgIpc) is 2.14. The first-order valence-corrected chi connectivity index (χ1v) is 7.24. The van der Waals surface area contributed by atoms with Crippen LogP contribution < -0.4 is 56.3 Å². The molecule has 0 aromatic carbocycles. The van der Waals surface area contributed by atoms with E-state index in [0.29, 0.717) is 6.42 Å². The van der Waals surface area contributed by atoms with Gasteiger partial charge in [-0.2, -0.15) is 0 Å². The van der Waals surface area contributed by atoms with Gasteiger partial charge in [-0.1, -0.05) is 51.9 Å². The van der Waals surface area contributed by atoms with E-state index in [1.54, 1.807) is 0 Å². The second kappa shape index (κ2) is 13.2. The summed E-state index contributed by atoms with van der Waals surface area (Å²) in [6.45, 7) is 2.29. The van der Waals surface area contributed by atoms with E-state index in [1.807, 2.05) is 0 Å². The number of hydrogen-bond donors (Lipinski definition) is 1. The van der Waals surface area contributed by atoms with E-state index in [4.69, 9.17) is 4.89 Å². The molecule has 1 unspecified atom stereocenters. The van der Waals surface area contributed by atoms with E-state index >= 15 is 0 Å². The number of rotatable bonds is 10. The second-order valence-electron chi connectivity index (χ2n) is 3.78. The van der Waals surface area contributed by atoms with Gasteiger partial charge in [0, 0.05) is 0 Å². The summed E-state index contributed by atoms with van der Waals surface area (Å²) in [6.07, 6.45) is 9.08. The van der Waals surface area contributed by atoms with E-state index in [9.17, 15) is 9.46 Å². The van der Waals surface area contributed by atoms with Gasteiger partial charge in [0.25, 0.3) is 7.82 Å². The Hall–Kier alpha value is 1.75. The maximum atomic E-state index is 10.2. The van der Waals surface area contributed by atoms with Crippen LogP contribution in [0.1, 0.15) is 58.3 Å². The van der Waals surface area contributed by atoms with Gasteiger partial charge in [-0.25, -0.2) is 0 Å². The molecule has 0 radical (unpaired) electrons. The smallest absolute Gasteiger partial charge is 0.756 e. The Labute approximate surface area is 141 Å². The standard InChI is InChI=1S/C10H23O4P.K/c1-2-3-4-5-6-7-8-9-10-14-15(11,12)13;/h2-10H2,1H3,(H2,11,12,13);/q;+1/p-1. The van der Waals surface area contributed by atoms with E-state index in [0.717, 1.165) is 12.8 Å². The molecule has 1 atom stereocenters. The third kappa shape index (κ3) is 18.1. The van der Waals surface area contributed by atoms with Crippen LogP contribution >= 0.6 is 7.82 Å². The first kappa shape index (κ1) is 20.1. The van der Waals surface area contributed by atoms with Gasteiger partial charge in [0.05, 0.1) is 6.61 Å². The monoisotopic (exact) mass is 276 g/mol. The van der Waals surface area contributed by atoms with Crippen molar-refractivity contribution in [3.63, 3.8) is 0 Å². The van der Waals surface area contributed by atoms with Gasteiger partial charge >= 0.3 is 51.4 Å². The SMILES string of the molecule is CCCCCCCCCCOP(=O)([O-])O.[K+]. The van der Waals surface area contributed by atoms with Crippen LogP contribution in [0, 0.1) is 0 Å². The van der Waals surface area contributed by atoms with Crippen molar-refractivity contribution in [1.29, 1.82) is 0 Å². The van der Waals surface area contributed by atoms with Crippen molar-refractivity contribution in [2.75, 3.05) is 6.61 Å². The molecule has 0 saturated heterocycles. The van der Waals surface area contributed by atoms with Crippen molar-refractivity contribution in [1.82, 2.24) is 0 Å². The molecule has 0 rings (SSSR count). The van der Waals surface area contributed by atoms with Crippen LogP contribution in [-0.2, 0) is 9.09 Å². The Morgan fingerprint density at radius 3 is 1.94 bits per heavy atom. The Morgan fingerprint density at radius 2 is 1.50 bits per heavy atom. The van der Waals surface area contributed by atoms with Crippen LogP contribution in [-0.4, -0.2) is 11.5 Å². The molecular formula is C10H22KO4P. The fraction of sp³-hybridized carbons (Fsp3) is 1.00. The molecule has 0 aliphatic carbocycles. The van der Waals surface area contributed by atoms with Crippen molar-refractivity contribution in [2.45, 2.75) is 58.3 Å². The predicted molar refractivity (Wildman–Crippen MR) is 58.4 cm³/mol. The largest absolute Gasteiger partial charge is 1.00 e. The van der Waals surface area contributed by atoms with Gasteiger partial charge in [0.1, 0.15) is 0 Å². The molecule has 6 heteroatoms. The van der Waals surface area contributed by atoms with Crippen LogP contribution in [0.25, 0.3) is 0 Å². The summed E-state index contributed by atoms with van der Waals surface area (Å²) in [4.78, 5) is 18.5. The Kier molecular flexibility index (Phi) is 16.5. The minimum atomic E-state index is -4.49. The van der Waals surface area contributed by atoms with Gasteiger partial charge in [-0.15, -0.1) is 0 Å². The van der Waals surface area contributed by atoms with E-state index < -0.39 is 7.82 Å². The molecule has 0 bridgehead atoms. The number of hydrogen-bond acceptors (Lipinski definition) is 3. The van der Waals surface area contributed by atoms with Gasteiger partial charge < -0.3 is 14.3 Å². The molecule has 1 N–H and O–H groups in total. The first-order chi connectivity index (χ1) is 7.06. The average molecular weight is 276 g/mol. The van der Waals surface area contributed by atoms with Gasteiger partial charge in [0.15, 0.2) is 0 Å². The molecule has 0 spiro atoms. The summed E-state index contributed by atoms with van der Waals surface area (Å²) in [5.41, 5.74) is 0. The molecule has 0 aliphatic heterocycles. The van der Waals surface area contributed by atoms with E-state index in [1.165, 1.54) is 32.1 Å². The molecule has 16 heavy (non-hydrogen) atoms. The van der Waals surface area contributed by atoms with Crippen molar-refractivity contribution in [3.8, 4) is 0 Å². The molecule has 0 amide bonds. The minimum Gasteiger partial charge on any atom is -0.756 e. The van der Waals surface area contributed by atoms with Crippen molar-refractivity contribution >= 4 is 7.82 Å². The summed E-state index contributed by atoms with van der Waals surface area (Å²) in [5.74, 6) is 0. The second-order valence-corrected chi connectivity index (χ2v) is 4.97. The maximum absolute atomic E-state index is 10.2. The summed E-state index contributed by atoms with van der Waals surface area (Å²) < 4.78 is 14.4. The quantitative estimate of drug-likeness (QED) is 0.335. The van der Waals surface area contributed by atoms with E-state index in [-0.39, 0.29) is 58.0 Å². The Morgan fingerprint density at radius 1 is 1.06 bits per heavy atom. The van der Waals surface area contributed by atoms with Crippen LogP contribution in [0.15, 0.2) is 0 Å². The Balaban J connectivity index is 0. The normalized spacial score (nSPS) is 14.2. The molecule has 0 fully saturated rings. The topological polar surface area (TPSA) is 69.6 Å². The molecule has 92 valence electrons. The number of phosphoric acid groups is 1. The molecule has 0 heterocycles. The third-order valence-corrected chi connectivity index (χ3v) is 2.76. The van der Waals surface area contributed by atoms with Crippen molar-refractivity contribution < 1.29 is 70.3 Å². The summed E-state index contributed by atoms with van der Waals surface area (Å²) in [6, 6.07) is 0. The van der Waals surface area contributed by atoms with Crippen LogP contribution in [0.2, 0.25) is 0 Å². The molecule has 4 nitrogen and oxygen atoms in total. The van der Waals surface area contributed by atoms with Gasteiger partial charge in [-0.05, 0) is 6.42 Å². The van der Waals surface area contributed by atoms with Crippen LogP contribution in [0.4, 0.5) is 0 Å². The minimum absolute atomic E-state index is 0. The zero-order valence-electron chi connectivity index (χ0n) is 10.5. The third-order valence-electron chi connectivity index (χ3n) is 2.25. The van der Waals surface area contributed by atoms with Gasteiger partial charge in [0.2, 0.25) is 0 Å². The zero-order chi connectivity index (χ0) is 11.6. The molecule has 0 saturated carbocycles. The number of unbranched alkanes of at least 4 members (excludes halogenated alkanes) is 7. The van der Waals surface area contributed by atoms with Crippen LogP contribution in [0.5, 0.6) is 0 Å². The van der Waals surface area contributed by atoms with Gasteiger partial charge in [-0.3, -0.25) is 4.57 Å². The first-order valence-electron chi connectivity index (χ1n) is 5.74. The zero-order valence-corrected chi connectivity index (χ0v) is 14.5. The predicted octanol–water partition coefficient (Wildman–Crippen LogP) is -0.392. The summed E-state index contributed by atoms with van der Waals surface area (Å²) >= 11 is 0. The molecule has 0 aromatic rings. The molecular weight excluding hydrogens is 254 g/mol. The maximum Gasteiger partial charge on any atom is 1.00 e. The van der Waals surface area contributed by atoms with E-state index in [2.05, 4.69) is 11.4 Å². The van der Waals surface area contributed by atoms with Crippen molar-refractivity contribution in [2.24, 2.45) is 0 Å².